The van der Waals surface area contributed by atoms with Crippen LogP contribution in [0.5, 0.6) is 0 Å². The van der Waals surface area contributed by atoms with Crippen molar-refractivity contribution in [2.24, 2.45) is 4.99 Å². The molecule has 1 saturated carbocycles. The Morgan fingerprint density at radius 1 is 1.39 bits per heavy atom. The van der Waals surface area contributed by atoms with Crippen molar-refractivity contribution in [2.75, 3.05) is 19.6 Å². The summed E-state index contributed by atoms with van der Waals surface area (Å²) in [5, 5.41) is 8.36. The van der Waals surface area contributed by atoms with Crippen molar-refractivity contribution < 1.29 is 8.42 Å². The Labute approximate surface area is 159 Å². The average Bonchev–Trinajstić information content (AvgIpc) is 3.16. The fourth-order valence-corrected chi connectivity index (χ4v) is 4.48. The summed E-state index contributed by atoms with van der Waals surface area (Å²) in [6.07, 6.45) is 4.88. The molecule has 0 aromatic carbocycles. The maximum absolute atomic E-state index is 12.0. The molecule has 1 aliphatic carbocycles. The van der Waals surface area contributed by atoms with Gasteiger partial charge in [0.25, 0.3) is 0 Å². The second-order valence-corrected chi connectivity index (χ2v) is 8.16. The van der Waals surface area contributed by atoms with Gasteiger partial charge >= 0.3 is 0 Å². The highest BCUT2D eigenvalue weighted by Gasteiger charge is 2.16. The lowest BCUT2D eigenvalue weighted by molar-refractivity contribution is 0.583. The third-order valence-electron chi connectivity index (χ3n) is 3.47. The van der Waals surface area contributed by atoms with Gasteiger partial charge in [0.2, 0.25) is 10.0 Å². The smallest absolute Gasteiger partial charge is 0.250 e. The minimum absolute atomic E-state index is 0. The molecule has 9 heteroatoms. The summed E-state index contributed by atoms with van der Waals surface area (Å²) in [6, 6.07) is 3.81. The van der Waals surface area contributed by atoms with Crippen LogP contribution in [0.15, 0.2) is 26.7 Å². The highest BCUT2D eigenvalue weighted by molar-refractivity contribution is 14.0. The highest BCUT2D eigenvalue weighted by Crippen LogP contribution is 2.17. The zero-order valence-corrected chi connectivity index (χ0v) is 17.2. The van der Waals surface area contributed by atoms with Gasteiger partial charge in [-0.3, -0.25) is 4.99 Å². The SMILES string of the molecule is CCNC(=NCCNS(=O)(=O)c1cccs1)NC1CCCC1.I. The number of hydrogen-bond donors (Lipinski definition) is 3. The van der Waals surface area contributed by atoms with Crippen LogP contribution in [0.3, 0.4) is 0 Å². The van der Waals surface area contributed by atoms with E-state index in [0.29, 0.717) is 23.3 Å². The Morgan fingerprint density at radius 3 is 2.74 bits per heavy atom. The Balaban J connectivity index is 0.00000264. The molecular weight excluding hydrogens is 447 g/mol. The van der Waals surface area contributed by atoms with Gasteiger partial charge in [0, 0.05) is 19.1 Å². The molecule has 0 unspecified atom stereocenters. The van der Waals surface area contributed by atoms with Crippen molar-refractivity contribution in [3.05, 3.63) is 17.5 Å². The molecule has 0 spiro atoms. The normalized spacial score (nSPS) is 16.1. The van der Waals surface area contributed by atoms with Gasteiger partial charge in [0.05, 0.1) is 6.54 Å². The Kier molecular flexibility index (Phi) is 9.40. The molecule has 0 amide bonds. The van der Waals surface area contributed by atoms with Gasteiger partial charge in [0.1, 0.15) is 4.21 Å². The minimum atomic E-state index is -3.39. The van der Waals surface area contributed by atoms with Crippen LogP contribution in [0.4, 0.5) is 0 Å². The number of guanidine groups is 1. The third kappa shape index (κ3) is 6.94. The van der Waals surface area contributed by atoms with E-state index in [1.807, 2.05) is 6.92 Å². The predicted molar refractivity (Wildman–Crippen MR) is 106 cm³/mol. The van der Waals surface area contributed by atoms with E-state index in [1.165, 1.54) is 37.0 Å². The molecule has 2 rings (SSSR count). The summed E-state index contributed by atoms with van der Waals surface area (Å²) in [7, 11) is -3.39. The molecule has 0 radical (unpaired) electrons. The molecular formula is C14H25IN4O2S2. The summed E-state index contributed by atoms with van der Waals surface area (Å²) in [5.41, 5.74) is 0. The lowest BCUT2D eigenvalue weighted by Crippen LogP contribution is -2.42. The zero-order chi connectivity index (χ0) is 15.8. The largest absolute Gasteiger partial charge is 0.357 e. The summed E-state index contributed by atoms with van der Waals surface area (Å²) < 4.78 is 26.8. The molecule has 1 fully saturated rings. The molecule has 1 heterocycles. The van der Waals surface area contributed by atoms with E-state index in [-0.39, 0.29) is 24.0 Å². The van der Waals surface area contributed by atoms with Crippen LogP contribution in [0, 0.1) is 0 Å². The second kappa shape index (κ2) is 10.5. The van der Waals surface area contributed by atoms with Crippen LogP contribution in [-0.4, -0.2) is 40.1 Å². The van der Waals surface area contributed by atoms with Crippen molar-refractivity contribution in [1.82, 2.24) is 15.4 Å². The van der Waals surface area contributed by atoms with Gasteiger partial charge in [0.15, 0.2) is 5.96 Å². The lowest BCUT2D eigenvalue weighted by atomic mass is 10.2. The predicted octanol–water partition coefficient (Wildman–Crippen LogP) is 2.14. The molecule has 6 nitrogen and oxygen atoms in total. The molecule has 3 N–H and O–H groups in total. The summed E-state index contributed by atoms with van der Waals surface area (Å²) >= 11 is 1.21. The molecule has 1 aliphatic rings. The molecule has 0 saturated heterocycles. The van der Waals surface area contributed by atoms with Crippen molar-refractivity contribution in [3.63, 3.8) is 0 Å². The number of aliphatic imine (C=N–C) groups is 1. The topological polar surface area (TPSA) is 82.6 Å². The van der Waals surface area contributed by atoms with Gasteiger partial charge in [-0.25, -0.2) is 13.1 Å². The first-order chi connectivity index (χ1) is 10.6. The number of rotatable bonds is 7. The lowest BCUT2D eigenvalue weighted by Gasteiger charge is -2.16. The Hall–Kier alpha value is -0.390. The monoisotopic (exact) mass is 472 g/mol. The van der Waals surface area contributed by atoms with Crippen LogP contribution in [-0.2, 0) is 10.0 Å². The Morgan fingerprint density at radius 2 is 2.13 bits per heavy atom. The van der Waals surface area contributed by atoms with Crippen molar-refractivity contribution >= 4 is 51.3 Å². The molecule has 0 atom stereocenters. The summed E-state index contributed by atoms with van der Waals surface area (Å²) in [5.74, 6) is 0.768. The molecule has 23 heavy (non-hydrogen) atoms. The number of nitrogens with zero attached hydrogens (tertiary/aromatic N) is 1. The number of halogens is 1. The number of nitrogens with one attached hydrogen (secondary N) is 3. The van der Waals surface area contributed by atoms with E-state index in [9.17, 15) is 8.42 Å². The maximum atomic E-state index is 12.0. The van der Waals surface area contributed by atoms with Crippen LogP contribution >= 0.6 is 35.3 Å². The number of hydrogen-bond acceptors (Lipinski definition) is 4. The van der Waals surface area contributed by atoms with Crippen molar-refractivity contribution in [2.45, 2.75) is 42.9 Å². The molecule has 1 aromatic heterocycles. The molecule has 0 bridgehead atoms. The van der Waals surface area contributed by atoms with Crippen LogP contribution < -0.4 is 15.4 Å². The van der Waals surface area contributed by atoms with Gasteiger partial charge in [-0.1, -0.05) is 18.9 Å². The van der Waals surface area contributed by atoms with Crippen LogP contribution in [0.2, 0.25) is 0 Å². The fourth-order valence-electron chi connectivity index (χ4n) is 2.42. The van der Waals surface area contributed by atoms with Gasteiger partial charge in [-0.15, -0.1) is 35.3 Å². The first-order valence-electron chi connectivity index (χ1n) is 7.70. The van der Waals surface area contributed by atoms with Crippen LogP contribution in [0.25, 0.3) is 0 Å². The first-order valence-corrected chi connectivity index (χ1v) is 10.1. The average molecular weight is 472 g/mol. The summed E-state index contributed by atoms with van der Waals surface area (Å²) in [4.78, 5) is 4.43. The van der Waals surface area contributed by atoms with E-state index < -0.39 is 10.0 Å². The van der Waals surface area contributed by atoms with Crippen LogP contribution in [0.1, 0.15) is 32.6 Å². The van der Waals surface area contributed by atoms with E-state index in [0.717, 1.165) is 12.5 Å². The van der Waals surface area contributed by atoms with Gasteiger partial charge in [-0.05, 0) is 31.2 Å². The van der Waals surface area contributed by atoms with Gasteiger partial charge < -0.3 is 10.6 Å². The van der Waals surface area contributed by atoms with Crippen molar-refractivity contribution in [1.29, 1.82) is 0 Å². The molecule has 132 valence electrons. The standard InChI is InChI=1S/C14H24N4O2S2.HI/c1-2-15-14(18-12-6-3-4-7-12)16-9-10-17-22(19,20)13-8-5-11-21-13;/h5,8,11-12,17H,2-4,6-7,9-10H2,1H3,(H2,15,16,18);1H. The minimum Gasteiger partial charge on any atom is -0.357 e. The van der Waals surface area contributed by atoms with E-state index in [4.69, 9.17) is 0 Å². The van der Waals surface area contributed by atoms with E-state index >= 15 is 0 Å². The van der Waals surface area contributed by atoms with Gasteiger partial charge in [-0.2, -0.15) is 0 Å². The Bertz CT molecular complexity index is 570. The fraction of sp³-hybridized carbons (Fsp3) is 0.643. The second-order valence-electron chi connectivity index (χ2n) is 5.22. The van der Waals surface area contributed by atoms with E-state index in [2.05, 4.69) is 20.3 Å². The third-order valence-corrected chi connectivity index (χ3v) is 6.33. The number of sulfonamides is 1. The summed E-state index contributed by atoms with van der Waals surface area (Å²) in [6.45, 7) is 3.51. The quantitative estimate of drug-likeness (QED) is 0.246. The maximum Gasteiger partial charge on any atom is 0.250 e. The first kappa shape index (κ1) is 20.7. The van der Waals surface area contributed by atoms with Crippen molar-refractivity contribution in [3.8, 4) is 0 Å². The van der Waals surface area contributed by atoms with E-state index in [1.54, 1.807) is 17.5 Å². The number of thiophene rings is 1. The highest BCUT2D eigenvalue weighted by atomic mass is 127. The zero-order valence-electron chi connectivity index (χ0n) is 13.2. The molecule has 0 aliphatic heterocycles. The molecule has 1 aromatic rings.